The quantitative estimate of drug-likeness (QED) is 0.316. The van der Waals surface area contributed by atoms with Gasteiger partial charge in [-0.25, -0.2) is 9.59 Å². The monoisotopic (exact) mass is 529 g/mol. The molecule has 1 aromatic rings. The van der Waals surface area contributed by atoms with Gasteiger partial charge in [0.25, 0.3) is 0 Å². The van der Waals surface area contributed by atoms with E-state index >= 15 is 0 Å². The van der Waals surface area contributed by atoms with E-state index in [1.165, 1.54) is 13.2 Å². The molecule has 0 radical (unpaired) electrons. The van der Waals surface area contributed by atoms with E-state index in [9.17, 15) is 24.0 Å². The fourth-order valence-corrected chi connectivity index (χ4v) is 3.93. The van der Waals surface area contributed by atoms with Crippen LogP contribution in [0.25, 0.3) is 0 Å². The predicted octanol–water partition coefficient (Wildman–Crippen LogP) is 0.942. The number of methoxy groups -OCH3 is 1. The molecule has 5 N–H and O–H groups in total. The molecule has 0 bridgehead atoms. The number of hydrogen-bond donors (Lipinski definition) is 5. The van der Waals surface area contributed by atoms with Crippen LogP contribution in [0.3, 0.4) is 0 Å². The molecule has 2 rings (SSSR count). The van der Waals surface area contributed by atoms with Crippen molar-refractivity contribution in [3.05, 3.63) is 48.0 Å². The molecule has 1 heterocycles. The van der Waals surface area contributed by atoms with Crippen LogP contribution in [0.2, 0.25) is 0 Å². The van der Waals surface area contributed by atoms with Crippen molar-refractivity contribution >= 4 is 29.7 Å². The third kappa shape index (κ3) is 11.0. The molecule has 11 heteroatoms. The Morgan fingerprint density at radius 1 is 1.08 bits per heavy atom. The second kappa shape index (κ2) is 16.1. The van der Waals surface area contributed by atoms with Crippen LogP contribution >= 0.6 is 0 Å². The summed E-state index contributed by atoms with van der Waals surface area (Å²) in [6.07, 6.45) is 6.10. The summed E-state index contributed by atoms with van der Waals surface area (Å²) in [4.78, 5) is 62.0. The topological polar surface area (TPSA) is 155 Å². The lowest BCUT2D eigenvalue weighted by molar-refractivity contribution is -0.144. The van der Waals surface area contributed by atoms with Crippen molar-refractivity contribution < 1.29 is 28.7 Å². The Balaban J connectivity index is 2.03. The lowest BCUT2D eigenvalue weighted by Gasteiger charge is -2.23. The van der Waals surface area contributed by atoms with Gasteiger partial charge in [0.05, 0.1) is 19.7 Å². The van der Waals surface area contributed by atoms with E-state index in [-0.39, 0.29) is 24.3 Å². The molecule has 0 spiro atoms. The van der Waals surface area contributed by atoms with Crippen LogP contribution < -0.4 is 26.6 Å². The van der Waals surface area contributed by atoms with E-state index in [1.807, 2.05) is 30.3 Å². The summed E-state index contributed by atoms with van der Waals surface area (Å²) >= 11 is 0. The zero-order valence-electron chi connectivity index (χ0n) is 22.3. The molecule has 0 aromatic heterocycles. The highest BCUT2D eigenvalue weighted by Gasteiger charge is 2.26. The standard InChI is InChI=1S/C27H39N5O6/c1-18(2)24(26(36)38-3)32-27(37)29-17-23(34)31-21-12-8-5-9-15-28-22(33)14-13-20(30-25(21)35)16-19-10-6-4-7-11-19/h4,6-7,10-11,13-14,18,20-21,24H,5,8-9,12,15-17H2,1-3H3,(H,28,33)(H,30,35)(H,31,34)(H2,29,32,37)/b14-13+/t20-,21+,24?/m1/s1. The molecule has 1 aromatic carbocycles. The van der Waals surface area contributed by atoms with Crippen LogP contribution in [0, 0.1) is 5.92 Å². The van der Waals surface area contributed by atoms with Crippen molar-refractivity contribution in [2.45, 2.75) is 64.1 Å². The minimum atomic E-state index is -0.861. The first-order valence-corrected chi connectivity index (χ1v) is 12.9. The molecule has 5 amide bonds. The first kappa shape index (κ1) is 30.3. The Morgan fingerprint density at radius 2 is 1.82 bits per heavy atom. The largest absolute Gasteiger partial charge is 0.467 e. The number of carbonyl (C=O) groups is 5. The summed E-state index contributed by atoms with van der Waals surface area (Å²) in [5, 5.41) is 13.4. The predicted molar refractivity (Wildman–Crippen MR) is 142 cm³/mol. The number of carbonyl (C=O) groups excluding carboxylic acids is 5. The maximum atomic E-state index is 13.2. The Morgan fingerprint density at radius 3 is 2.50 bits per heavy atom. The summed E-state index contributed by atoms with van der Waals surface area (Å²) in [6, 6.07) is 6.71. The number of benzene rings is 1. The highest BCUT2D eigenvalue weighted by Crippen LogP contribution is 2.09. The molecular formula is C27H39N5O6. The summed E-state index contributed by atoms with van der Waals surface area (Å²) in [6.45, 7) is 3.65. The van der Waals surface area contributed by atoms with Crippen molar-refractivity contribution in [1.82, 2.24) is 26.6 Å². The maximum Gasteiger partial charge on any atom is 0.328 e. The number of nitrogens with one attached hydrogen (secondary N) is 5. The van der Waals surface area contributed by atoms with Gasteiger partial charge in [0, 0.05) is 12.6 Å². The van der Waals surface area contributed by atoms with Gasteiger partial charge in [-0.2, -0.15) is 0 Å². The molecular weight excluding hydrogens is 490 g/mol. The van der Waals surface area contributed by atoms with Crippen LogP contribution in [0.1, 0.15) is 45.1 Å². The molecule has 0 aliphatic carbocycles. The maximum absolute atomic E-state index is 13.2. The van der Waals surface area contributed by atoms with E-state index in [4.69, 9.17) is 4.74 Å². The van der Waals surface area contributed by atoms with Crippen molar-refractivity contribution in [3.8, 4) is 0 Å². The van der Waals surface area contributed by atoms with Crippen LogP contribution in [-0.2, 0) is 30.3 Å². The highest BCUT2D eigenvalue weighted by molar-refractivity contribution is 5.91. The molecule has 1 aliphatic rings. The highest BCUT2D eigenvalue weighted by atomic mass is 16.5. The van der Waals surface area contributed by atoms with E-state index in [0.717, 1.165) is 18.4 Å². The van der Waals surface area contributed by atoms with Crippen molar-refractivity contribution in [2.75, 3.05) is 20.2 Å². The second-order valence-electron chi connectivity index (χ2n) is 9.50. The van der Waals surface area contributed by atoms with E-state index in [2.05, 4.69) is 26.6 Å². The summed E-state index contributed by atoms with van der Waals surface area (Å²) in [7, 11) is 1.23. The molecule has 3 atom stereocenters. The number of hydrogen-bond acceptors (Lipinski definition) is 6. The number of esters is 1. The Bertz CT molecular complexity index is 981. The Labute approximate surface area is 223 Å². The average molecular weight is 530 g/mol. The van der Waals surface area contributed by atoms with Crippen LogP contribution in [0.15, 0.2) is 42.5 Å². The molecule has 1 unspecified atom stereocenters. The van der Waals surface area contributed by atoms with Gasteiger partial charge in [0.15, 0.2) is 0 Å². The minimum Gasteiger partial charge on any atom is -0.467 e. The molecule has 1 aliphatic heterocycles. The molecule has 208 valence electrons. The number of urea groups is 1. The first-order chi connectivity index (χ1) is 18.2. The Kier molecular flexibility index (Phi) is 12.8. The van der Waals surface area contributed by atoms with Gasteiger partial charge in [-0.05, 0) is 30.7 Å². The van der Waals surface area contributed by atoms with Crippen molar-refractivity contribution in [1.29, 1.82) is 0 Å². The smallest absolute Gasteiger partial charge is 0.328 e. The molecule has 11 nitrogen and oxygen atoms in total. The number of rotatable bonds is 8. The second-order valence-corrected chi connectivity index (χ2v) is 9.50. The van der Waals surface area contributed by atoms with Gasteiger partial charge in [-0.15, -0.1) is 0 Å². The zero-order valence-corrected chi connectivity index (χ0v) is 22.3. The third-order valence-electron chi connectivity index (χ3n) is 6.04. The number of ether oxygens (including phenoxy) is 1. The Hall–Kier alpha value is -3.89. The van der Waals surface area contributed by atoms with Gasteiger partial charge in [-0.1, -0.05) is 63.1 Å². The van der Waals surface area contributed by atoms with Gasteiger partial charge in [0.1, 0.15) is 12.1 Å². The summed E-state index contributed by atoms with van der Waals surface area (Å²) in [5.74, 6) is -1.95. The molecule has 38 heavy (non-hydrogen) atoms. The van der Waals surface area contributed by atoms with Crippen molar-refractivity contribution in [3.63, 3.8) is 0 Å². The SMILES string of the molecule is COC(=O)C(NC(=O)NCC(=O)N[C@H]1CCCCCNC(=O)/C=C/[C@H](Cc2ccccc2)NC1=O)C(C)C. The van der Waals surface area contributed by atoms with Crippen LogP contribution in [-0.4, -0.2) is 68.0 Å². The van der Waals surface area contributed by atoms with Gasteiger partial charge >= 0.3 is 12.0 Å². The van der Waals surface area contributed by atoms with Crippen molar-refractivity contribution in [2.24, 2.45) is 5.92 Å². The first-order valence-electron chi connectivity index (χ1n) is 12.9. The lowest BCUT2D eigenvalue weighted by atomic mass is 10.0. The summed E-state index contributed by atoms with van der Waals surface area (Å²) in [5.41, 5.74) is 0.981. The fraction of sp³-hybridized carbons (Fsp3) is 0.519. The van der Waals surface area contributed by atoms with Gasteiger partial charge in [-0.3, -0.25) is 14.4 Å². The van der Waals surface area contributed by atoms with E-state index in [1.54, 1.807) is 19.9 Å². The summed E-state index contributed by atoms with van der Waals surface area (Å²) < 4.78 is 4.70. The van der Waals surface area contributed by atoms with E-state index in [0.29, 0.717) is 25.8 Å². The zero-order chi connectivity index (χ0) is 27.9. The van der Waals surface area contributed by atoms with Gasteiger partial charge in [0.2, 0.25) is 17.7 Å². The normalized spacial score (nSPS) is 20.3. The molecule has 0 saturated heterocycles. The van der Waals surface area contributed by atoms with Crippen LogP contribution in [0.4, 0.5) is 4.79 Å². The fourth-order valence-electron chi connectivity index (χ4n) is 3.93. The third-order valence-corrected chi connectivity index (χ3v) is 6.04. The van der Waals surface area contributed by atoms with E-state index < -0.39 is 36.0 Å². The minimum absolute atomic E-state index is 0.213. The van der Waals surface area contributed by atoms with Crippen LogP contribution in [0.5, 0.6) is 0 Å². The number of amides is 5. The molecule has 0 fully saturated rings. The van der Waals surface area contributed by atoms with Gasteiger partial charge < -0.3 is 31.3 Å². The molecule has 0 saturated carbocycles. The average Bonchev–Trinajstić information content (AvgIpc) is 2.90. The lowest BCUT2D eigenvalue weighted by Crippen LogP contribution is -2.53.